The Labute approximate surface area is 121 Å². The minimum Gasteiger partial charge on any atom is -0.313 e. The van der Waals surface area contributed by atoms with Gasteiger partial charge in [0.1, 0.15) is 11.9 Å². The lowest BCUT2D eigenvalue weighted by atomic mass is 10.1. The van der Waals surface area contributed by atoms with Gasteiger partial charge in [0.25, 0.3) is 0 Å². The van der Waals surface area contributed by atoms with Crippen molar-refractivity contribution in [2.45, 2.75) is 39.3 Å². The third kappa shape index (κ3) is 5.28. The van der Waals surface area contributed by atoms with E-state index in [1.807, 2.05) is 6.07 Å². The maximum absolute atomic E-state index is 13.8. The number of halogens is 1. The first-order chi connectivity index (χ1) is 9.56. The van der Waals surface area contributed by atoms with Crippen molar-refractivity contribution in [3.05, 3.63) is 35.1 Å². The normalized spacial score (nSPS) is 11.1. The van der Waals surface area contributed by atoms with E-state index in [0.717, 1.165) is 25.9 Å². The molecule has 0 amide bonds. The number of benzene rings is 1. The molecule has 1 aromatic rings. The van der Waals surface area contributed by atoms with Crippen molar-refractivity contribution in [1.29, 1.82) is 5.26 Å². The average Bonchev–Trinajstić information content (AvgIpc) is 2.43. The second-order valence-corrected chi connectivity index (χ2v) is 5.35. The van der Waals surface area contributed by atoms with Gasteiger partial charge in [0, 0.05) is 18.2 Å². The highest BCUT2D eigenvalue weighted by molar-refractivity contribution is 5.34. The van der Waals surface area contributed by atoms with Crippen molar-refractivity contribution in [3.8, 4) is 6.07 Å². The third-order valence-corrected chi connectivity index (χ3v) is 3.51. The Morgan fingerprint density at radius 3 is 2.75 bits per heavy atom. The minimum absolute atomic E-state index is 0.114. The van der Waals surface area contributed by atoms with Gasteiger partial charge in [-0.15, -0.1) is 0 Å². The summed E-state index contributed by atoms with van der Waals surface area (Å²) in [4.78, 5) is 2.32. The molecule has 0 spiro atoms. The van der Waals surface area contributed by atoms with Crippen LogP contribution in [0.15, 0.2) is 18.2 Å². The molecule has 0 heterocycles. The highest BCUT2D eigenvalue weighted by Crippen LogP contribution is 2.11. The number of nitrogens with one attached hydrogen (secondary N) is 1. The van der Waals surface area contributed by atoms with Crippen LogP contribution in [0.4, 0.5) is 4.39 Å². The summed E-state index contributed by atoms with van der Waals surface area (Å²) in [7, 11) is 2.13. The first kappa shape index (κ1) is 16.6. The molecular formula is C16H24FN3. The molecule has 4 heteroatoms. The van der Waals surface area contributed by atoms with E-state index < -0.39 is 5.82 Å². The number of hydrogen-bond acceptors (Lipinski definition) is 3. The van der Waals surface area contributed by atoms with Crippen LogP contribution in [-0.2, 0) is 6.54 Å². The molecule has 0 saturated heterocycles. The van der Waals surface area contributed by atoms with Crippen molar-refractivity contribution in [3.63, 3.8) is 0 Å². The summed E-state index contributed by atoms with van der Waals surface area (Å²) in [5, 5.41) is 12.0. The highest BCUT2D eigenvalue weighted by Gasteiger charge is 2.06. The number of rotatable bonds is 8. The van der Waals surface area contributed by atoms with Crippen molar-refractivity contribution in [2.24, 2.45) is 0 Å². The molecule has 0 aliphatic carbocycles. The lowest BCUT2D eigenvalue weighted by Gasteiger charge is -2.20. The van der Waals surface area contributed by atoms with Gasteiger partial charge in [0.05, 0.1) is 5.56 Å². The zero-order chi connectivity index (χ0) is 15.0. The molecular weight excluding hydrogens is 253 g/mol. The Hall–Kier alpha value is -1.44. The van der Waals surface area contributed by atoms with Gasteiger partial charge < -0.3 is 10.2 Å². The number of nitriles is 1. The Morgan fingerprint density at radius 2 is 2.10 bits per heavy atom. The third-order valence-electron chi connectivity index (χ3n) is 3.51. The zero-order valence-corrected chi connectivity index (χ0v) is 12.6. The van der Waals surface area contributed by atoms with Gasteiger partial charge in [-0.2, -0.15) is 5.26 Å². The van der Waals surface area contributed by atoms with E-state index in [4.69, 9.17) is 5.26 Å². The molecule has 1 aromatic carbocycles. The first-order valence-electron chi connectivity index (χ1n) is 7.14. The standard InChI is InChI=1S/C16H24FN3/c1-13(2)20(3)10-5-4-9-19-12-15-8-6-7-14(11-18)16(15)17/h6-8,13,19H,4-5,9-10,12H2,1-3H3. The molecule has 20 heavy (non-hydrogen) atoms. The van der Waals surface area contributed by atoms with E-state index in [1.54, 1.807) is 12.1 Å². The Morgan fingerprint density at radius 1 is 1.35 bits per heavy atom. The van der Waals surface area contributed by atoms with E-state index in [2.05, 4.69) is 31.1 Å². The molecule has 110 valence electrons. The van der Waals surface area contributed by atoms with Crippen LogP contribution in [-0.4, -0.2) is 31.1 Å². The summed E-state index contributed by atoms with van der Waals surface area (Å²) in [6.07, 6.45) is 2.19. The van der Waals surface area contributed by atoms with Gasteiger partial charge in [-0.3, -0.25) is 0 Å². The summed E-state index contributed by atoms with van der Waals surface area (Å²) in [6.45, 7) is 6.79. The van der Waals surface area contributed by atoms with E-state index >= 15 is 0 Å². The smallest absolute Gasteiger partial charge is 0.145 e. The summed E-state index contributed by atoms with van der Waals surface area (Å²) in [6, 6.07) is 7.37. The predicted octanol–water partition coefficient (Wildman–Crippen LogP) is 2.91. The lowest BCUT2D eigenvalue weighted by molar-refractivity contribution is 0.268. The maximum Gasteiger partial charge on any atom is 0.145 e. The molecule has 0 aliphatic heterocycles. The van der Waals surface area contributed by atoms with Crippen LogP contribution in [0, 0.1) is 17.1 Å². The molecule has 0 unspecified atom stereocenters. The predicted molar refractivity (Wildman–Crippen MR) is 79.8 cm³/mol. The molecule has 1 rings (SSSR count). The van der Waals surface area contributed by atoms with Gasteiger partial charge >= 0.3 is 0 Å². The van der Waals surface area contributed by atoms with Gasteiger partial charge in [0.2, 0.25) is 0 Å². The average molecular weight is 277 g/mol. The van der Waals surface area contributed by atoms with E-state index in [1.165, 1.54) is 6.07 Å². The zero-order valence-electron chi connectivity index (χ0n) is 12.6. The van der Waals surface area contributed by atoms with Gasteiger partial charge in [-0.05, 0) is 52.9 Å². The van der Waals surface area contributed by atoms with Gasteiger partial charge in [0.15, 0.2) is 0 Å². The van der Waals surface area contributed by atoms with Crippen molar-refractivity contribution >= 4 is 0 Å². The molecule has 0 atom stereocenters. The maximum atomic E-state index is 13.8. The van der Waals surface area contributed by atoms with E-state index in [0.29, 0.717) is 18.2 Å². The molecule has 0 fully saturated rings. The molecule has 0 aliphatic rings. The van der Waals surface area contributed by atoms with Crippen LogP contribution in [0.3, 0.4) is 0 Å². The summed E-state index contributed by atoms with van der Waals surface area (Å²) in [5.74, 6) is -0.401. The highest BCUT2D eigenvalue weighted by atomic mass is 19.1. The lowest BCUT2D eigenvalue weighted by Crippen LogP contribution is -2.27. The minimum atomic E-state index is -0.401. The van der Waals surface area contributed by atoms with Crippen LogP contribution in [0.2, 0.25) is 0 Å². The summed E-state index contributed by atoms with van der Waals surface area (Å²) in [5.41, 5.74) is 0.672. The first-order valence-corrected chi connectivity index (χ1v) is 7.14. The second-order valence-electron chi connectivity index (χ2n) is 5.35. The van der Waals surface area contributed by atoms with Crippen molar-refractivity contribution in [1.82, 2.24) is 10.2 Å². The topological polar surface area (TPSA) is 39.1 Å². The Balaban J connectivity index is 2.24. The molecule has 0 aromatic heterocycles. The molecule has 3 nitrogen and oxygen atoms in total. The van der Waals surface area contributed by atoms with Crippen LogP contribution in [0.5, 0.6) is 0 Å². The SMILES string of the molecule is CC(C)N(C)CCCCNCc1cccc(C#N)c1F. The van der Waals surface area contributed by atoms with Crippen LogP contribution < -0.4 is 5.32 Å². The molecule has 0 bridgehead atoms. The fourth-order valence-corrected chi connectivity index (χ4v) is 1.90. The van der Waals surface area contributed by atoms with E-state index in [9.17, 15) is 4.39 Å². The van der Waals surface area contributed by atoms with Crippen LogP contribution >= 0.6 is 0 Å². The fraction of sp³-hybridized carbons (Fsp3) is 0.562. The molecule has 0 saturated carbocycles. The van der Waals surface area contributed by atoms with Crippen LogP contribution in [0.25, 0.3) is 0 Å². The quantitative estimate of drug-likeness (QED) is 0.743. The number of nitrogens with zero attached hydrogens (tertiary/aromatic N) is 2. The van der Waals surface area contributed by atoms with Crippen molar-refractivity contribution in [2.75, 3.05) is 20.1 Å². The Kier molecular flexibility index (Phi) is 7.21. The van der Waals surface area contributed by atoms with E-state index in [-0.39, 0.29) is 5.56 Å². The van der Waals surface area contributed by atoms with Crippen LogP contribution in [0.1, 0.15) is 37.8 Å². The largest absolute Gasteiger partial charge is 0.313 e. The van der Waals surface area contributed by atoms with Gasteiger partial charge in [-0.25, -0.2) is 4.39 Å². The molecule has 0 radical (unpaired) electrons. The fourth-order valence-electron chi connectivity index (χ4n) is 1.90. The summed E-state index contributed by atoms with van der Waals surface area (Å²) >= 11 is 0. The van der Waals surface area contributed by atoms with Crippen molar-refractivity contribution < 1.29 is 4.39 Å². The second kappa shape index (κ2) is 8.68. The number of hydrogen-bond donors (Lipinski definition) is 1. The monoisotopic (exact) mass is 277 g/mol. The Bertz CT molecular complexity index is 452. The van der Waals surface area contributed by atoms with Gasteiger partial charge in [-0.1, -0.05) is 12.1 Å². The summed E-state index contributed by atoms with van der Waals surface area (Å²) < 4.78 is 13.8. The number of unbranched alkanes of at least 4 members (excludes halogenated alkanes) is 1. The molecule has 1 N–H and O–H groups in total.